The van der Waals surface area contributed by atoms with E-state index in [0.717, 1.165) is 19.3 Å². The van der Waals surface area contributed by atoms with Gasteiger partial charge in [0.25, 0.3) is 0 Å². The minimum Gasteiger partial charge on any atom is -0.463 e. The number of aliphatic hydroxyl groups is 2. The zero-order chi connectivity index (χ0) is 23.6. The summed E-state index contributed by atoms with van der Waals surface area (Å²) in [5.41, 5.74) is 0. The van der Waals surface area contributed by atoms with E-state index in [9.17, 15) is 14.7 Å². The SMILES string of the molecule is CCCCCCCCC(=O)OCC(O)COCc1ccc(COCC(CO)OC(C)=O)o1. The summed E-state index contributed by atoms with van der Waals surface area (Å²) in [7, 11) is 0. The Morgan fingerprint density at radius 2 is 1.59 bits per heavy atom. The third kappa shape index (κ3) is 14.2. The van der Waals surface area contributed by atoms with Gasteiger partial charge in [-0.15, -0.1) is 0 Å². The van der Waals surface area contributed by atoms with Gasteiger partial charge < -0.3 is 33.6 Å². The van der Waals surface area contributed by atoms with Crippen LogP contribution in [0.2, 0.25) is 0 Å². The molecule has 0 aliphatic heterocycles. The molecule has 0 saturated heterocycles. The first-order valence-electron chi connectivity index (χ1n) is 11.3. The van der Waals surface area contributed by atoms with Gasteiger partial charge in [-0.2, -0.15) is 0 Å². The molecule has 32 heavy (non-hydrogen) atoms. The van der Waals surface area contributed by atoms with Crippen LogP contribution < -0.4 is 0 Å². The Labute approximate surface area is 190 Å². The first kappa shape index (κ1) is 28.1. The molecule has 184 valence electrons. The fourth-order valence-electron chi connectivity index (χ4n) is 2.88. The first-order chi connectivity index (χ1) is 15.4. The van der Waals surface area contributed by atoms with E-state index in [1.165, 1.54) is 26.2 Å². The van der Waals surface area contributed by atoms with Crippen molar-refractivity contribution < 1.29 is 43.2 Å². The third-order valence-corrected chi connectivity index (χ3v) is 4.53. The van der Waals surface area contributed by atoms with Gasteiger partial charge in [0.05, 0.1) is 19.8 Å². The van der Waals surface area contributed by atoms with E-state index in [1.54, 1.807) is 12.1 Å². The van der Waals surface area contributed by atoms with Crippen LogP contribution in [0, 0.1) is 0 Å². The van der Waals surface area contributed by atoms with Crippen molar-refractivity contribution in [3.8, 4) is 0 Å². The summed E-state index contributed by atoms with van der Waals surface area (Å²) in [4.78, 5) is 22.6. The molecule has 0 aromatic carbocycles. The summed E-state index contributed by atoms with van der Waals surface area (Å²) >= 11 is 0. The number of hydrogen-bond donors (Lipinski definition) is 2. The van der Waals surface area contributed by atoms with Crippen LogP contribution in [0.4, 0.5) is 0 Å². The lowest BCUT2D eigenvalue weighted by molar-refractivity contribution is -0.152. The van der Waals surface area contributed by atoms with Gasteiger partial charge in [0.2, 0.25) is 0 Å². The van der Waals surface area contributed by atoms with E-state index in [2.05, 4.69) is 6.92 Å². The standard InChI is InChI=1S/C23H38O9/c1-3-4-5-6-7-8-9-23(27)30-14-19(26)13-28-15-20-10-11-21(32-20)16-29-17-22(12-24)31-18(2)25/h10-11,19,22,24,26H,3-9,12-17H2,1-2H3. The molecule has 9 nitrogen and oxygen atoms in total. The van der Waals surface area contributed by atoms with Gasteiger partial charge in [-0.1, -0.05) is 39.0 Å². The van der Waals surface area contributed by atoms with Crippen LogP contribution in [-0.2, 0) is 41.8 Å². The molecule has 0 radical (unpaired) electrons. The fraction of sp³-hybridized carbons (Fsp3) is 0.739. The lowest BCUT2D eigenvalue weighted by atomic mass is 10.1. The average Bonchev–Trinajstić information content (AvgIpc) is 3.21. The third-order valence-electron chi connectivity index (χ3n) is 4.53. The number of hydrogen-bond acceptors (Lipinski definition) is 9. The summed E-state index contributed by atoms with van der Waals surface area (Å²) in [5, 5.41) is 19.0. The molecule has 0 bridgehead atoms. The van der Waals surface area contributed by atoms with Gasteiger partial charge in [0, 0.05) is 13.3 Å². The normalized spacial score (nSPS) is 13.0. The van der Waals surface area contributed by atoms with Crippen molar-refractivity contribution in [3.05, 3.63) is 23.7 Å². The summed E-state index contributed by atoms with van der Waals surface area (Å²) < 4.78 is 26.3. The van der Waals surface area contributed by atoms with Crippen LogP contribution in [-0.4, -0.2) is 60.8 Å². The molecule has 1 aromatic rings. The van der Waals surface area contributed by atoms with Gasteiger partial charge in [-0.25, -0.2) is 0 Å². The summed E-state index contributed by atoms with van der Waals surface area (Å²) in [6.45, 7) is 3.36. The zero-order valence-corrected chi connectivity index (χ0v) is 19.3. The number of carbonyl (C=O) groups is 2. The Bertz CT molecular complexity index is 629. The molecule has 1 heterocycles. The summed E-state index contributed by atoms with van der Waals surface area (Å²) in [6, 6.07) is 3.44. The number of esters is 2. The second-order valence-corrected chi connectivity index (χ2v) is 7.67. The Morgan fingerprint density at radius 1 is 0.969 bits per heavy atom. The number of carbonyl (C=O) groups excluding carboxylic acids is 2. The first-order valence-corrected chi connectivity index (χ1v) is 11.3. The molecule has 0 saturated carbocycles. The second kappa shape index (κ2) is 17.6. The Kier molecular flexibility index (Phi) is 15.4. The van der Waals surface area contributed by atoms with Gasteiger partial charge in [-0.3, -0.25) is 9.59 Å². The minimum absolute atomic E-state index is 0.0113. The maximum Gasteiger partial charge on any atom is 0.305 e. The van der Waals surface area contributed by atoms with E-state index in [1.807, 2.05) is 0 Å². The van der Waals surface area contributed by atoms with Crippen LogP contribution in [0.5, 0.6) is 0 Å². The monoisotopic (exact) mass is 458 g/mol. The molecule has 2 atom stereocenters. The highest BCUT2D eigenvalue weighted by Crippen LogP contribution is 2.11. The number of furan rings is 1. The molecule has 0 amide bonds. The highest BCUT2D eigenvalue weighted by molar-refractivity contribution is 5.69. The number of unbranched alkanes of at least 4 members (excludes halogenated alkanes) is 5. The van der Waals surface area contributed by atoms with Gasteiger partial charge in [-0.05, 0) is 18.6 Å². The minimum atomic E-state index is -0.905. The maximum absolute atomic E-state index is 11.7. The van der Waals surface area contributed by atoms with E-state index in [4.69, 9.17) is 28.5 Å². The Balaban J connectivity index is 2.11. The van der Waals surface area contributed by atoms with Crippen LogP contribution in [0.15, 0.2) is 16.5 Å². The highest BCUT2D eigenvalue weighted by Gasteiger charge is 2.13. The summed E-state index contributed by atoms with van der Waals surface area (Å²) in [5.74, 6) is 0.314. The topological polar surface area (TPSA) is 125 Å². The largest absolute Gasteiger partial charge is 0.463 e. The van der Waals surface area contributed by atoms with Gasteiger partial charge in [0.15, 0.2) is 0 Å². The molecule has 2 unspecified atom stereocenters. The molecule has 9 heteroatoms. The molecule has 2 N–H and O–H groups in total. The zero-order valence-electron chi connectivity index (χ0n) is 19.3. The quantitative estimate of drug-likeness (QED) is 0.238. The fourth-order valence-corrected chi connectivity index (χ4v) is 2.88. The van der Waals surface area contributed by atoms with Crippen LogP contribution >= 0.6 is 0 Å². The molecule has 1 rings (SSSR count). The molecule has 0 aliphatic carbocycles. The van der Waals surface area contributed by atoms with Crippen molar-refractivity contribution in [2.75, 3.05) is 26.4 Å². The Morgan fingerprint density at radius 3 is 2.22 bits per heavy atom. The predicted molar refractivity (Wildman–Crippen MR) is 116 cm³/mol. The van der Waals surface area contributed by atoms with Crippen molar-refractivity contribution >= 4 is 11.9 Å². The van der Waals surface area contributed by atoms with E-state index < -0.39 is 18.2 Å². The molecule has 0 spiro atoms. The summed E-state index contributed by atoms with van der Waals surface area (Å²) in [6.07, 6.45) is 5.34. The van der Waals surface area contributed by atoms with Crippen molar-refractivity contribution in [2.45, 2.75) is 84.2 Å². The van der Waals surface area contributed by atoms with Crippen molar-refractivity contribution in [1.29, 1.82) is 0 Å². The maximum atomic E-state index is 11.7. The smallest absolute Gasteiger partial charge is 0.305 e. The second-order valence-electron chi connectivity index (χ2n) is 7.67. The lowest BCUT2D eigenvalue weighted by Gasteiger charge is -2.13. The molecule has 0 fully saturated rings. The highest BCUT2D eigenvalue weighted by atomic mass is 16.6. The molecule has 1 aromatic heterocycles. The van der Waals surface area contributed by atoms with Crippen LogP contribution in [0.25, 0.3) is 0 Å². The Hall–Kier alpha value is -1.94. The molecule has 0 aliphatic rings. The average molecular weight is 459 g/mol. The van der Waals surface area contributed by atoms with Crippen LogP contribution in [0.3, 0.4) is 0 Å². The van der Waals surface area contributed by atoms with E-state index >= 15 is 0 Å². The van der Waals surface area contributed by atoms with E-state index in [0.29, 0.717) is 17.9 Å². The molecular weight excluding hydrogens is 420 g/mol. The van der Waals surface area contributed by atoms with Crippen LogP contribution in [0.1, 0.15) is 70.3 Å². The van der Waals surface area contributed by atoms with Gasteiger partial charge in [0.1, 0.15) is 43.5 Å². The van der Waals surface area contributed by atoms with E-state index in [-0.39, 0.29) is 45.6 Å². The van der Waals surface area contributed by atoms with Crippen molar-refractivity contribution in [1.82, 2.24) is 0 Å². The van der Waals surface area contributed by atoms with Gasteiger partial charge >= 0.3 is 11.9 Å². The number of ether oxygens (including phenoxy) is 4. The van der Waals surface area contributed by atoms with Crippen molar-refractivity contribution in [2.24, 2.45) is 0 Å². The molecular formula is C23H38O9. The lowest BCUT2D eigenvalue weighted by Crippen LogP contribution is -2.25. The van der Waals surface area contributed by atoms with Crippen molar-refractivity contribution in [3.63, 3.8) is 0 Å². The predicted octanol–water partition coefficient (Wildman–Crippen LogP) is 2.89. The number of rotatable bonds is 19. The number of aliphatic hydroxyl groups excluding tert-OH is 2.